The topological polar surface area (TPSA) is 111 Å². The Morgan fingerprint density at radius 2 is 1.85 bits per heavy atom. The van der Waals surface area contributed by atoms with E-state index in [1.807, 2.05) is 32.0 Å². The van der Waals surface area contributed by atoms with Crippen LogP contribution < -0.4 is 20.1 Å². The van der Waals surface area contributed by atoms with E-state index in [2.05, 4.69) is 42.7 Å². The number of aryl methyl sites for hydroxylation is 1. The van der Waals surface area contributed by atoms with Crippen LogP contribution in [0.1, 0.15) is 66.4 Å². The van der Waals surface area contributed by atoms with Gasteiger partial charge in [0.05, 0.1) is 18.4 Å². The molecule has 2 aromatic carbocycles. The minimum absolute atomic E-state index is 0.252. The molecule has 1 amide bonds. The molecule has 0 saturated heterocycles. The number of anilines is 2. The molecule has 2 N–H and O–H groups in total. The number of nitrogens with zero attached hydrogens (tertiary/aromatic N) is 4. The number of hydrogen-bond acceptors (Lipinski definition) is 8. The van der Waals surface area contributed by atoms with E-state index in [4.69, 9.17) is 9.47 Å². The number of nitrogens with one attached hydrogen (secondary N) is 2. The molecule has 0 aliphatic heterocycles. The van der Waals surface area contributed by atoms with Crippen molar-refractivity contribution in [1.29, 1.82) is 0 Å². The first-order valence-corrected chi connectivity index (χ1v) is 13.7. The summed E-state index contributed by atoms with van der Waals surface area (Å²) in [6.45, 7) is 4.57. The van der Waals surface area contributed by atoms with Crippen LogP contribution in [0.15, 0.2) is 61.1 Å². The molecule has 206 valence electrons. The molecule has 0 atom stereocenters. The molecule has 1 fully saturated rings. The average Bonchev–Trinajstić information content (AvgIpc) is 2.99. The van der Waals surface area contributed by atoms with E-state index in [0.29, 0.717) is 58.4 Å². The molecule has 1 aliphatic carbocycles. The van der Waals surface area contributed by atoms with E-state index >= 15 is 0 Å². The molecule has 9 heteroatoms. The summed E-state index contributed by atoms with van der Waals surface area (Å²) in [7, 11) is 1.61. The molecule has 4 aromatic rings. The van der Waals surface area contributed by atoms with Crippen LogP contribution in [-0.4, -0.2) is 39.5 Å². The second kappa shape index (κ2) is 12.5. The summed E-state index contributed by atoms with van der Waals surface area (Å²) >= 11 is 0. The van der Waals surface area contributed by atoms with E-state index < -0.39 is 0 Å². The highest BCUT2D eigenvalue weighted by Gasteiger charge is 2.19. The first-order valence-electron chi connectivity index (χ1n) is 13.7. The fraction of sp³-hybridized carbons (Fsp3) is 0.323. The number of carbonyl (C=O) groups is 1. The molecule has 2 aromatic heterocycles. The molecule has 0 bridgehead atoms. The maximum absolute atomic E-state index is 13.4. The zero-order valence-electron chi connectivity index (χ0n) is 23.1. The van der Waals surface area contributed by atoms with Gasteiger partial charge < -0.3 is 20.1 Å². The summed E-state index contributed by atoms with van der Waals surface area (Å²) in [4.78, 5) is 30.8. The fourth-order valence-electron chi connectivity index (χ4n) is 4.97. The summed E-state index contributed by atoms with van der Waals surface area (Å²) in [6.07, 6.45) is 9.22. The van der Waals surface area contributed by atoms with Gasteiger partial charge in [-0.05, 0) is 80.1 Å². The third kappa shape index (κ3) is 6.20. The van der Waals surface area contributed by atoms with Crippen LogP contribution in [0.25, 0.3) is 11.4 Å². The van der Waals surface area contributed by atoms with Crippen LogP contribution >= 0.6 is 0 Å². The molecule has 1 aliphatic rings. The van der Waals surface area contributed by atoms with Crippen molar-refractivity contribution >= 4 is 17.5 Å². The molecule has 9 nitrogen and oxygen atoms in total. The van der Waals surface area contributed by atoms with Gasteiger partial charge in [-0.25, -0.2) is 15.0 Å². The molecule has 0 radical (unpaired) electrons. The number of methoxy groups -OCH3 is 1. The van der Waals surface area contributed by atoms with Gasteiger partial charge in [0.2, 0.25) is 11.8 Å². The van der Waals surface area contributed by atoms with E-state index in [1.165, 1.54) is 44.0 Å². The van der Waals surface area contributed by atoms with Gasteiger partial charge in [-0.15, -0.1) is 0 Å². The second-order valence-corrected chi connectivity index (χ2v) is 9.85. The van der Waals surface area contributed by atoms with Gasteiger partial charge in [0, 0.05) is 18.3 Å². The lowest BCUT2D eigenvalue weighted by atomic mass is 9.84. The zero-order chi connectivity index (χ0) is 27.9. The van der Waals surface area contributed by atoms with Crippen LogP contribution in [0, 0.1) is 6.92 Å². The third-order valence-corrected chi connectivity index (χ3v) is 7.12. The van der Waals surface area contributed by atoms with Crippen molar-refractivity contribution in [1.82, 2.24) is 19.9 Å². The van der Waals surface area contributed by atoms with Crippen LogP contribution in [0.4, 0.5) is 11.6 Å². The molecule has 1 saturated carbocycles. The van der Waals surface area contributed by atoms with E-state index in [0.717, 1.165) is 5.56 Å². The number of amides is 1. The van der Waals surface area contributed by atoms with Gasteiger partial charge in [-0.3, -0.25) is 4.79 Å². The maximum Gasteiger partial charge on any atom is 0.255 e. The summed E-state index contributed by atoms with van der Waals surface area (Å²) in [5.41, 5.74) is 3.83. The van der Waals surface area contributed by atoms with Crippen molar-refractivity contribution < 1.29 is 14.3 Å². The van der Waals surface area contributed by atoms with E-state index in [1.54, 1.807) is 31.5 Å². The Morgan fingerprint density at radius 1 is 1.00 bits per heavy atom. The molecule has 2 heterocycles. The lowest BCUT2D eigenvalue weighted by Crippen LogP contribution is -2.14. The third-order valence-electron chi connectivity index (χ3n) is 7.12. The zero-order valence-corrected chi connectivity index (χ0v) is 23.1. The van der Waals surface area contributed by atoms with Crippen LogP contribution in [0.5, 0.6) is 17.4 Å². The van der Waals surface area contributed by atoms with Crippen LogP contribution in [-0.2, 0) is 0 Å². The summed E-state index contributed by atoms with van der Waals surface area (Å²) in [6, 6.07) is 15.1. The molecule has 5 rings (SSSR count). The van der Waals surface area contributed by atoms with Gasteiger partial charge >= 0.3 is 0 Å². The predicted molar refractivity (Wildman–Crippen MR) is 155 cm³/mol. The number of pyridine rings is 1. The predicted octanol–water partition coefficient (Wildman–Crippen LogP) is 6.77. The van der Waals surface area contributed by atoms with Crippen LogP contribution in [0.3, 0.4) is 0 Å². The standard InChI is InChI=1S/C31H34N6O3/c1-4-32-31-35-19-34-28(37-31)24-11-8-16-33-30(24)40-27-18-23(13-12-20(27)2)29(38)36-25-17-22(14-15-26(25)39-3)21-9-6-5-7-10-21/h8,11-19,21H,4-7,9-10H2,1-3H3,(H,36,38)(H,32,34,35,37). The SMILES string of the molecule is CCNc1ncnc(-c2cccnc2Oc2cc(C(=O)Nc3cc(C4CCCCC4)ccc3OC)ccc2C)n1. The lowest BCUT2D eigenvalue weighted by Gasteiger charge is -2.23. The van der Waals surface area contributed by atoms with Gasteiger partial charge in [-0.2, -0.15) is 4.98 Å². The lowest BCUT2D eigenvalue weighted by molar-refractivity contribution is 0.102. The fourth-order valence-corrected chi connectivity index (χ4v) is 4.97. The number of ether oxygens (including phenoxy) is 2. The van der Waals surface area contributed by atoms with Crippen molar-refractivity contribution in [2.24, 2.45) is 0 Å². The van der Waals surface area contributed by atoms with Gasteiger partial charge in [-0.1, -0.05) is 31.4 Å². The Kier molecular flexibility index (Phi) is 8.49. The monoisotopic (exact) mass is 538 g/mol. The highest BCUT2D eigenvalue weighted by molar-refractivity contribution is 6.05. The first-order chi connectivity index (χ1) is 19.6. The maximum atomic E-state index is 13.4. The number of aromatic nitrogens is 4. The van der Waals surface area contributed by atoms with Crippen molar-refractivity contribution in [3.63, 3.8) is 0 Å². The summed E-state index contributed by atoms with van der Waals surface area (Å²) in [5, 5.41) is 6.14. The van der Waals surface area contributed by atoms with Crippen molar-refractivity contribution in [3.05, 3.63) is 77.7 Å². The van der Waals surface area contributed by atoms with Crippen molar-refractivity contribution in [2.45, 2.75) is 51.9 Å². The molecular formula is C31H34N6O3. The Balaban J connectivity index is 1.39. The minimum atomic E-state index is -0.252. The molecular weight excluding hydrogens is 504 g/mol. The Morgan fingerprint density at radius 3 is 2.65 bits per heavy atom. The highest BCUT2D eigenvalue weighted by atomic mass is 16.5. The average molecular weight is 539 g/mol. The van der Waals surface area contributed by atoms with Crippen LogP contribution in [0.2, 0.25) is 0 Å². The Bertz CT molecular complexity index is 1490. The Labute approximate surface area is 234 Å². The number of hydrogen-bond donors (Lipinski definition) is 2. The van der Waals surface area contributed by atoms with Gasteiger partial charge in [0.25, 0.3) is 5.91 Å². The van der Waals surface area contributed by atoms with E-state index in [9.17, 15) is 4.79 Å². The van der Waals surface area contributed by atoms with Crippen molar-refractivity contribution in [2.75, 3.05) is 24.3 Å². The Hall–Kier alpha value is -4.53. The smallest absolute Gasteiger partial charge is 0.255 e. The minimum Gasteiger partial charge on any atom is -0.495 e. The first kappa shape index (κ1) is 27.1. The normalized spacial score (nSPS) is 13.5. The van der Waals surface area contributed by atoms with E-state index in [-0.39, 0.29) is 5.91 Å². The highest BCUT2D eigenvalue weighted by Crippen LogP contribution is 2.37. The number of carbonyl (C=O) groups excluding carboxylic acids is 1. The van der Waals surface area contributed by atoms with Gasteiger partial charge in [0.15, 0.2) is 5.82 Å². The number of benzene rings is 2. The molecule has 0 spiro atoms. The van der Waals surface area contributed by atoms with Gasteiger partial charge in [0.1, 0.15) is 17.8 Å². The summed E-state index contributed by atoms with van der Waals surface area (Å²) in [5.74, 6) is 2.64. The number of rotatable bonds is 9. The molecule has 40 heavy (non-hydrogen) atoms. The second-order valence-electron chi connectivity index (χ2n) is 9.85. The molecule has 0 unspecified atom stereocenters. The van der Waals surface area contributed by atoms with Crippen molar-refractivity contribution in [3.8, 4) is 28.8 Å². The quantitative estimate of drug-likeness (QED) is 0.240. The largest absolute Gasteiger partial charge is 0.495 e. The summed E-state index contributed by atoms with van der Waals surface area (Å²) < 4.78 is 11.8.